The van der Waals surface area contributed by atoms with Gasteiger partial charge in [-0.15, -0.1) is 0 Å². The molecule has 1 fully saturated rings. The lowest BCUT2D eigenvalue weighted by Gasteiger charge is -2.27. The highest BCUT2D eigenvalue weighted by Gasteiger charge is 2.46. The molecule has 2 heterocycles. The molecule has 1 amide bonds. The molecule has 6 nitrogen and oxygen atoms in total. The second-order valence-corrected chi connectivity index (χ2v) is 9.26. The number of ketones is 1. The van der Waals surface area contributed by atoms with Crippen molar-refractivity contribution in [3.8, 4) is 5.75 Å². The Morgan fingerprint density at radius 3 is 2.62 bits per heavy atom. The van der Waals surface area contributed by atoms with E-state index in [0.717, 1.165) is 11.3 Å². The average Bonchev–Trinajstić information content (AvgIpc) is 3.22. The first-order chi connectivity index (χ1) is 15.2. The summed E-state index contributed by atoms with van der Waals surface area (Å²) in [7, 11) is 3.77. The highest BCUT2D eigenvalue weighted by molar-refractivity contribution is 6.47. The van der Waals surface area contributed by atoms with Gasteiger partial charge in [-0.1, -0.05) is 29.3 Å². The molecule has 168 valence electrons. The zero-order valence-corrected chi connectivity index (χ0v) is 19.6. The normalized spacial score (nSPS) is 21.9. The maximum absolute atomic E-state index is 13.1. The number of aliphatic hydroxyl groups is 1. The fraction of sp³-hybridized carbons (Fsp3) is 0.333. The lowest BCUT2D eigenvalue weighted by molar-refractivity contribution is -0.140. The van der Waals surface area contributed by atoms with Gasteiger partial charge in [0.2, 0.25) is 0 Å². The van der Waals surface area contributed by atoms with Crippen molar-refractivity contribution in [3.05, 3.63) is 68.7 Å². The molecule has 2 unspecified atom stereocenters. The fourth-order valence-electron chi connectivity index (χ4n) is 4.19. The number of ether oxygens (including phenoxy) is 1. The number of halogens is 2. The molecule has 2 aromatic carbocycles. The van der Waals surface area contributed by atoms with Crippen LogP contribution in [0, 0.1) is 0 Å². The van der Waals surface area contributed by atoms with Gasteiger partial charge in [0.1, 0.15) is 17.6 Å². The minimum atomic E-state index is -0.817. The standard InChI is InChI=1S/C24H24Cl2N2O4/c1-13-10-15-11-14(4-7-19(15)32-13)22(29)20-21(17-6-5-16(25)12-18(17)26)28(9-8-27(2)3)24(31)23(20)30/h4-7,11-13,21,29H,8-10H2,1-3H3. The molecule has 2 aliphatic heterocycles. The number of nitrogens with zero attached hydrogens (tertiary/aromatic N) is 2. The predicted molar refractivity (Wildman–Crippen MR) is 124 cm³/mol. The molecule has 0 saturated carbocycles. The van der Waals surface area contributed by atoms with Crippen molar-refractivity contribution in [2.45, 2.75) is 25.5 Å². The van der Waals surface area contributed by atoms with E-state index in [-0.39, 0.29) is 17.4 Å². The van der Waals surface area contributed by atoms with Crippen molar-refractivity contribution in [1.29, 1.82) is 0 Å². The van der Waals surface area contributed by atoms with Crippen molar-refractivity contribution in [1.82, 2.24) is 9.80 Å². The molecule has 0 bridgehead atoms. The van der Waals surface area contributed by atoms with Crippen LogP contribution in [0.25, 0.3) is 5.76 Å². The van der Waals surface area contributed by atoms with Gasteiger partial charge in [0.25, 0.3) is 11.7 Å². The summed E-state index contributed by atoms with van der Waals surface area (Å²) >= 11 is 12.5. The second-order valence-electron chi connectivity index (χ2n) is 8.42. The summed E-state index contributed by atoms with van der Waals surface area (Å²) in [5.74, 6) is -0.864. The van der Waals surface area contributed by atoms with Crippen LogP contribution < -0.4 is 4.74 Å². The number of Topliss-reactive ketones (excluding diaryl/α,β-unsaturated/α-hetero) is 1. The van der Waals surface area contributed by atoms with Gasteiger partial charge >= 0.3 is 0 Å². The number of rotatable bonds is 5. The highest BCUT2D eigenvalue weighted by atomic mass is 35.5. The number of carbonyl (C=O) groups excluding carboxylic acids is 2. The van der Waals surface area contributed by atoms with E-state index in [2.05, 4.69) is 0 Å². The molecule has 0 radical (unpaired) electrons. The monoisotopic (exact) mass is 474 g/mol. The summed E-state index contributed by atoms with van der Waals surface area (Å²) in [6, 6.07) is 9.38. The molecule has 1 N–H and O–H groups in total. The number of hydrogen-bond acceptors (Lipinski definition) is 5. The van der Waals surface area contributed by atoms with Crippen molar-refractivity contribution >= 4 is 40.7 Å². The Labute approximate surface area is 197 Å². The van der Waals surface area contributed by atoms with Crippen LogP contribution in [0.4, 0.5) is 0 Å². The van der Waals surface area contributed by atoms with E-state index in [4.69, 9.17) is 27.9 Å². The molecule has 4 rings (SSSR count). The van der Waals surface area contributed by atoms with Crippen LogP contribution in [0.1, 0.15) is 29.7 Å². The van der Waals surface area contributed by atoms with Gasteiger partial charge in [-0.05, 0) is 62.5 Å². The van der Waals surface area contributed by atoms with Gasteiger partial charge in [-0.25, -0.2) is 0 Å². The maximum atomic E-state index is 13.1. The average molecular weight is 475 g/mol. The largest absolute Gasteiger partial charge is 0.507 e. The summed E-state index contributed by atoms with van der Waals surface area (Å²) < 4.78 is 5.73. The van der Waals surface area contributed by atoms with Crippen molar-refractivity contribution < 1.29 is 19.4 Å². The Morgan fingerprint density at radius 2 is 1.94 bits per heavy atom. The first-order valence-electron chi connectivity index (χ1n) is 10.4. The molecule has 0 aromatic heterocycles. The van der Waals surface area contributed by atoms with Crippen LogP contribution in [0.2, 0.25) is 10.0 Å². The Morgan fingerprint density at radius 1 is 1.19 bits per heavy atom. The van der Waals surface area contributed by atoms with Crippen molar-refractivity contribution in [3.63, 3.8) is 0 Å². The molecule has 2 atom stereocenters. The lowest BCUT2D eigenvalue weighted by atomic mass is 9.94. The topological polar surface area (TPSA) is 70.1 Å². The van der Waals surface area contributed by atoms with Gasteiger partial charge in [-0.2, -0.15) is 0 Å². The maximum Gasteiger partial charge on any atom is 0.295 e. The molecule has 2 aliphatic rings. The third-order valence-corrected chi connectivity index (χ3v) is 6.32. The Bertz CT molecular complexity index is 1130. The van der Waals surface area contributed by atoms with E-state index in [1.54, 1.807) is 30.3 Å². The van der Waals surface area contributed by atoms with Gasteiger partial charge in [0, 0.05) is 35.1 Å². The quantitative estimate of drug-likeness (QED) is 0.397. The van der Waals surface area contributed by atoms with Crippen molar-refractivity contribution in [2.24, 2.45) is 0 Å². The molecule has 8 heteroatoms. The third kappa shape index (κ3) is 4.10. The Balaban J connectivity index is 1.85. The molecule has 1 saturated heterocycles. The fourth-order valence-corrected chi connectivity index (χ4v) is 4.70. The lowest BCUT2D eigenvalue weighted by Crippen LogP contribution is -2.35. The van der Waals surface area contributed by atoms with Gasteiger partial charge in [0.05, 0.1) is 11.6 Å². The minimum Gasteiger partial charge on any atom is -0.507 e. The molecule has 0 spiro atoms. The minimum absolute atomic E-state index is 0.0184. The van der Waals surface area contributed by atoms with Gasteiger partial charge in [-0.3, -0.25) is 9.59 Å². The molecule has 32 heavy (non-hydrogen) atoms. The van der Waals surface area contributed by atoms with E-state index < -0.39 is 17.7 Å². The molecule has 0 aliphatic carbocycles. The van der Waals surface area contributed by atoms with Crippen LogP contribution in [-0.2, 0) is 16.0 Å². The number of hydrogen-bond donors (Lipinski definition) is 1. The summed E-state index contributed by atoms with van der Waals surface area (Å²) in [6.07, 6.45) is 0.756. The van der Waals surface area contributed by atoms with Crippen LogP contribution in [0.3, 0.4) is 0 Å². The van der Waals surface area contributed by atoms with E-state index in [1.165, 1.54) is 4.90 Å². The number of benzene rings is 2. The van der Waals surface area contributed by atoms with Crippen LogP contribution >= 0.6 is 23.2 Å². The van der Waals surface area contributed by atoms with Crippen LogP contribution in [0.15, 0.2) is 42.0 Å². The van der Waals surface area contributed by atoms with Crippen LogP contribution in [-0.4, -0.2) is 59.9 Å². The number of aliphatic hydroxyl groups excluding tert-OH is 1. The summed E-state index contributed by atoms with van der Waals surface area (Å²) in [6.45, 7) is 2.81. The van der Waals surface area contributed by atoms with E-state index in [1.807, 2.05) is 32.0 Å². The predicted octanol–water partition coefficient (Wildman–Crippen LogP) is 4.30. The van der Waals surface area contributed by atoms with Gasteiger partial charge < -0.3 is 19.6 Å². The first-order valence-corrected chi connectivity index (χ1v) is 11.1. The number of likely N-dealkylation sites (tertiary alicyclic amines) is 1. The third-order valence-electron chi connectivity index (χ3n) is 5.75. The second kappa shape index (κ2) is 8.77. The summed E-state index contributed by atoms with van der Waals surface area (Å²) in [5.41, 5.74) is 1.96. The number of amides is 1. The molecular formula is C24H24Cl2N2O4. The Kier molecular flexibility index (Phi) is 6.21. The van der Waals surface area contributed by atoms with E-state index in [9.17, 15) is 14.7 Å². The van der Waals surface area contributed by atoms with E-state index in [0.29, 0.717) is 40.7 Å². The number of fused-ring (bicyclic) bond motifs is 1. The summed E-state index contributed by atoms with van der Waals surface area (Å²) in [5, 5.41) is 12.0. The zero-order chi connectivity index (χ0) is 23.2. The SMILES string of the molecule is CC1Cc2cc(C(O)=C3C(=O)C(=O)N(CCN(C)C)C3c3ccc(Cl)cc3Cl)ccc2O1. The molecular weight excluding hydrogens is 451 g/mol. The summed E-state index contributed by atoms with van der Waals surface area (Å²) in [4.78, 5) is 29.5. The molecule has 2 aromatic rings. The highest BCUT2D eigenvalue weighted by Crippen LogP contribution is 2.43. The number of carbonyl (C=O) groups is 2. The zero-order valence-electron chi connectivity index (χ0n) is 18.1. The van der Waals surface area contributed by atoms with Crippen LogP contribution in [0.5, 0.6) is 5.75 Å². The van der Waals surface area contributed by atoms with Crippen molar-refractivity contribution in [2.75, 3.05) is 27.2 Å². The number of likely N-dealkylation sites (N-methyl/N-ethyl adjacent to an activating group) is 1. The van der Waals surface area contributed by atoms with Gasteiger partial charge in [0.15, 0.2) is 0 Å². The first kappa shape index (κ1) is 22.6. The smallest absolute Gasteiger partial charge is 0.295 e. The Hall–Kier alpha value is -2.54. The van der Waals surface area contributed by atoms with E-state index >= 15 is 0 Å².